The van der Waals surface area contributed by atoms with Crippen LogP contribution in [0.5, 0.6) is 0 Å². The monoisotopic (exact) mass is 593 g/mol. The van der Waals surface area contributed by atoms with Crippen LogP contribution < -0.4 is 0 Å². The van der Waals surface area contributed by atoms with Crippen molar-refractivity contribution in [2.75, 3.05) is 0 Å². The van der Waals surface area contributed by atoms with Gasteiger partial charge in [0.1, 0.15) is 0 Å². The first-order chi connectivity index (χ1) is 22.6. The second-order valence-corrected chi connectivity index (χ2v) is 14.1. The zero-order valence-electron chi connectivity index (χ0n) is 25.9. The fourth-order valence-corrected chi connectivity index (χ4v) is 9.25. The number of aromatic nitrogens is 2. The third-order valence-corrected chi connectivity index (χ3v) is 11.1. The molecule has 0 atom stereocenters. The maximum absolute atomic E-state index is 9.25. The molecule has 1 heterocycles. The first-order valence-corrected chi connectivity index (χ1v) is 16.7. The van der Waals surface area contributed by atoms with Gasteiger partial charge in [0.25, 0.3) is 0 Å². The number of benzene rings is 5. The van der Waals surface area contributed by atoms with Gasteiger partial charge in [-0.15, -0.1) is 0 Å². The summed E-state index contributed by atoms with van der Waals surface area (Å²) in [4.78, 5) is 10.2. The zero-order chi connectivity index (χ0) is 30.7. The van der Waals surface area contributed by atoms with Gasteiger partial charge in [-0.05, 0) is 113 Å². The molecule has 3 heteroatoms. The lowest BCUT2D eigenvalue weighted by molar-refractivity contribution is -0.00518. The molecular weight excluding hydrogens is 558 g/mol. The predicted octanol–water partition coefficient (Wildman–Crippen LogP) is 10.6. The smallest absolute Gasteiger partial charge is 0.160 e. The van der Waals surface area contributed by atoms with E-state index in [1.165, 1.54) is 38.5 Å². The number of nitriles is 1. The summed E-state index contributed by atoms with van der Waals surface area (Å²) in [6.07, 6.45) is 8.55. The molecule has 6 aromatic rings. The van der Waals surface area contributed by atoms with Crippen molar-refractivity contribution < 1.29 is 0 Å². The van der Waals surface area contributed by atoms with Crippen molar-refractivity contribution in [3.8, 4) is 51.1 Å². The number of fused-ring (bicyclic) bond motifs is 1. The molecule has 46 heavy (non-hydrogen) atoms. The molecular formula is C43H35N3. The molecule has 222 valence electrons. The molecule has 0 radical (unpaired) electrons. The molecule has 4 fully saturated rings. The highest BCUT2D eigenvalue weighted by molar-refractivity contribution is 5.88. The summed E-state index contributed by atoms with van der Waals surface area (Å²) in [6.45, 7) is 0. The van der Waals surface area contributed by atoms with Crippen molar-refractivity contribution in [3.63, 3.8) is 0 Å². The molecule has 4 bridgehead atoms. The first kappa shape index (κ1) is 27.3. The zero-order valence-corrected chi connectivity index (χ0v) is 25.9. The predicted molar refractivity (Wildman–Crippen MR) is 186 cm³/mol. The van der Waals surface area contributed by atoms with Crippen LogP contribution in [-0.2, 0) is 5.41 Å². The lowest BCUT2D eigenvalue weighted by Gasteiger charge is -2.57. The van der Waals surface area contributed by atoms with E-state index in [1.54, 1.807) is 5.56 Å². The van der Waals surface area contributed by atoms with Crippen LogP contribution in [0.25, 0.3) is 55.8 Å². The Bertz CT molecular complexity index is 2090. The highest BCUT2D eigenvalue weighted by Gasteiger charge is 2.51. The van der Waals surface area contributed by atoms with Crippen LogP contribution >= 0.6 is 0 Å². The Labute approximate surface area is 270 Å². The molecule has 0 spiro atoms. The number of hydrogen-bond donors (Lipinski definition) is 0. The van der Waals surface area contributed by atoms with Gasteiger partial charge in [0.15, 0.2) is 5.82 Å². The van der Waals surface area contributed by atoms with Crippen LogP contribution in [0.3, 0.4) is 0 Å². The van der Waals surface area contributed by atoms with E-state index in [0.717, 1.165) is 73.6 Å². The topological polar surface area (TPSA) is 49.6 Å². The Morgan fingerprint density at radius 2 is 1.07 bits per heavy atom. The van der Waals surface area contributed by atoms with Crippen LogP contribution in [0.15, 0.2) is 121 Å². The van der Waals surface area contributed by atoms with Crippen LogP contribution in [0.1, 0.15) is 49.7 Å². The lowest BCUT2D eigenvalue weighted by Crippen LogP contribution is -2.48. The van der Waals surface area contributed by atoms with E-state index < -0.39 is 0 Å². The van der Waals surface area contributed by atoms with E-state index in [-0.39, 0.29) is 0 Å². The Hall–Kier alpha value is -5.07. The van der Waals surface area contributed by atoms with Crippen molar-refractivity contribution in [1.29, 1.82) is 5.26 Å². The van der Waals surface area contributed by atoms with Gasteiger partial charge in [0.2, 0.25) is 0 Å². The Balaban J connectivity index is 1.06. The van der Waals surface area contributed by atoms with Crippen molar-refractivity contribution in [1.82, 2.24) is 9.97 Å². The average Bonchev–Trinajstić information content (AvgIpc) is 3.11. The quantitative estimate of drug-likeness (QED) is 0.200. The van der Waals surface area contributed by atoms with Crippen molar-refractivity contribution >= 4 is 10.8 Å². The third-order valence-electron chi connectivity index (χ3n) is 11.1. The summed E-state index contributed by atoms with van der Waals surface area (Å²) < 4.78 is 0. The summed E-state index contributed by atoms with van der Waals surface area (Å²) in [5.74, 6) is 3.56. The largest absolute Gasteiger partial charge is 0.228 e. The summed E-state index contributed by atoms with van der Waals surface area (Å²) in [6, 6.07) is 45.0. The van der Waals surface area contributed by atoms with Crippen molar-refractivity contribution in [3.05, 3.63) is 132 Å². The SMILES string of the molecule is N#Cc1ccc2cc(-c3ccc(-c4cc(-c5ccc(C67CC8C[C@H](C6)C[C@@H](C8)C7)cc5)nc(-c5ccccc5)n4)cc3)ccc2c1. The second-order valence-electron chi connectivity index (χ2n) is 14.1. The Morgan fingerprint density at radius 1 is 0.522 bits per heavy atom. The number of nitrogens with zero attached hydrogens (tertiary/aromatic N) is 3. The maximum atomic E-state index is 9.25. The lowest BCUT2D eigenvalue weighted by atomic mass is 9.48. The van der Waals surface area contributed by atoms with Gasteiger partial charge < -0.3 is 0 Å². The van der Waals surface area contributed by atoms with Gasteiger partial charge >= 0.3 is 0 Å². The highest BCUT2D eigenvalue weighted by Crippen LogP contribution is 2.60. The molecule has 0 N–H and O–H groups in total. The van der Waals surface area contributed by atoms with E-state index in [1.807, 2.05) is 36.4 Å². The van der Waals surface area contributed by atoms with Gasteiger partial charge in [-0.1, -0.05) is 97.1 Å². The van der Waals surface area contributed by atoms with Gasteiger partial charge in [0.05, 0.1) is 23.0 Å². The van der Waals surface area contributed by atoms with E-state index in [9.17, 15) is 5.26 Å². The summed E-state index contributed by atoms with van der Waals surface area (Å²) in [7, 11) is 0. The molecule has 10 rings (SSSR count). The van der Waals surface area contributed by atoms with Crippen molar-refractivity contribution in [2.45, 2.75) is 43.9 Å². The summed E-state index contributed by atoms with van der Waals surface area (Å²) in [5, 5.41) is 11.5. The second kappa shape index (κ2) is 10.8. The minimum absolute atomic E-state index is 0.395. The molecule has 0 aliphatic heterocycles. The first-order valence-electron chi connectivity index (χ1n) is 16.7. The normalized spacial score (nSPS) is 23.0. The van der Waals surface area contributed by atoms with Crippen LogP contribution in [0.2, 0.25) is 0 Å². The van der Waals surface area contributed by atoms with E-state index >= 15 is 0 Å². The fraction of sp³-hybridized carbons (Fsp3) is 0.233. The molecule has 3 nitrogen and oxygen atoms in total. The van der Waals surface area contributed by atoms with Gasteiger partial charge in [-0.25, -0.2) is 9.97 Å². The van der Waals surface area contributed by atoms with E-state index in [2.05, 4.69) is 91.0 Å². The maximum Gasteiger partial charge on any atom is 0.160 e. The summed E-state index contributed by atoms with van der Waals surface area (Å²) >= 11 is 0. The summed E-state index contributed by atoms with van der Waals surface area (Å²) in [5.41, 5.74) is 10.0. The molecule has 0 saturated heterocycles. The number of hydrogen-bond acceptors (Lipinski definition) is 3. The molecule has 1 aromatic heterocycles. The molecule has 0 unspecified atom stereocenters. The average molecular weight is 594 g/mol. The Morgan fingerprint density at radius 3 is 1.70 bits per heavy atom. The van der Waals surface area contributed by atoms with Crippen molar-refractivity contribution in [2.24, 2.45) is 17.8 Å². The molecule has 4 saturated carbocycles. The Kier molecular flexibility index (Phi) is 6.39. The molecule has 4 aliphatic rings. The van der Waals surface area contributed by atoms with Crippen LogP contribution in [-0.4, -0.2) is 9.97 Å². The minimum Gasteiger partial charge on any atom is -0.228 e. The van der Waals surface area contributed by atoms with Gasteiger partial charge in [0, 0.05) is 16.7 Å². The van der Waals surface area contributed by atoms with Crippen LogP contribution in [0, 0.1) is 29.1 Å². The van der Waals surface area contributed by atoms with Gasteiger partial charge in [-0.3, -0.25) is 0 Å². The van der Waals surface area contributed by atoms with E-state index in [4.69, 9.17) is 9.97 Å². The van der Waals surface area contributed by atoms with Crippen LogP contribution in [0.4, 0.5) is 0 Å². The fourth-order valence-electron chi connectivity index (χ4n) is 9.25. The molecule has 5 aromatic carbocycles. The third kappa shape index (κ3) is 4.81. The van der Waals surface area contributed by atoms with E-state index in [0.29, 0.717) is 11.0 Å². The highest BCUT2D eigenvalue weighted by atomic mass is 14.9. The van der Waals surface area contributed by atoms with Gasteiger partial charge in [-0.2, -0.15) is 5.26 Å². The molecule has 0 amide bonds. The standard InChI is InChI=1S/C43H35N3/c44-27-28-6-7-38-22-37(13-12-36(38)21-28)32-8-10-33(11-9-32)40-23-41(46-42(45-40)35-4-2-1-3-5-35)34-14-16-39(17-15-34)43-24-29-18-30(25-43)20-31(19-29)26-43/h1-17,21-23,29-31H,18-20,24-26H2/t29-,30+,31?,43?. The molecule has 4 aliphatic carbocycles. The number of rotatable bonds is 5. The minimum atomic E-state index is 0.395.